The molecule has 0 saturated carbocycles. The minimum Gasteiger partial charge on any atom is -0.365 e. The van der Waals surface area contributed by atoms with E-state index in [0.717, 1.165) is 11.1 Å². The number of urea groups is 1. The van der Waals surface area contributed by atoms with Crippen molar-refractivity contribution in [2.75, 3.05) is 5.32 Å². The molecule has 0 bridgehead atoms. The number of benzene rings is 2. The topological polar surface area (TPSA) is 114 Å². The average Bonchev–Trinajstić information content (AvgIpc) is 3.14. The third kappa shape index (κ3) is 2.50. The number of fused-ring (bicyclic) bond motifs is 2. The number of H-pyrrole nitrogens is 1. The first-order valence-corrected chi connectivity index (χ1v) is 8.41. The number of amides is 3. The molecule has 124 valence electrons. The van der Waals surface area contributed by atoms with Gasteiger partial charge in [0.25, 0.3) is 5.91 Å². The lowest BCUT2D eigenvalue weighted by molar-refractivity contribution is 0.100. The molecule has 6 nitrogen and oxygen atoms in total. The van der Waals surface area contributed by atoms with E-state index in [2.05, 4.69) is 27.8 Å². The Morgan fingerprint density at radius 1 is 1.04 bits per heavy atom. The highest BCUT2D eigenvalue weighted by molar-refractivity contribution is 7.17. The van der Waals surface area contributed by atoms with Crippen LogP contribution in [0.3, 0.4) is 0 Å². The Morgan fingerprint density at radius 3 is 2.60 bits per heavy atom. The second-order valence-corrected chi connectivity index (χ2v) is 6.55. The number of primary amides is 2. The van der Waals surface area contributed by atoms with Gasteiger partial charge < -0.3 is 16.5 Å². The molecule has 4 rings (SSSR count). The van der Waals surface area contributed by atoms with Crippen LogP contribution in [0.25, 0.3) is 32.1 Å². The van der Waals surface area contributed by atoms with Gasteiger partial charge in [-0.15, -0.1) is 11.3 Å². The van der Waals surface area contributed by atoms with Gasteiger partial charge in [-0.25, -0.2) is 4.79 Å². The van der Waals surface area contributed by atoms with E-state index in [1.165, 1.54) is 10.1 Å². The molecule has 0 unspecified atom stereocenters. The number of carbonyl (C=O) groups excluding carboxylic acids is 2. The van der Waals surface area contributed by atoms with Crippen LogP contribution in [-0.4, -0.2) is 16.9 Å². The molecule has 7 heteroatoms. The van der Waals surface area contributed by atoms with E-state index in [9.17, 15) is 9.59 Å². The predicted molar refractivity (Wildman–Crippen MR) is 101 cm³/mol. The van der Waals surface area contributed by atoms with Crippen molar-refractivity contribution in [1.29, 1.82) is 0 Å². The van der Waals surface area contributed by atoms with Crippen LogP contribution in [0, 0.1) is 0 Å². The summed E-state index contributed by atoms with van der Waals surface area (Å²) >= 11 is 1.68. The van der Waals surface area contributed by atoms with E-state index in [1.807, 2.05) is 30.3 Å². The Kier molecular flexibility index (Phi) is 3.43. The molecule has 6 N–H and O–H groups in total. The fourth-order valence-corrected chi connectivity index (χ4v) is 4.01. The first-order chi connectivity index (χ1) is 12.0. The molecular weight excluding hydrogens is 336 g/mol. The van der Waals surface area contributed by atoms with Gasteiger partial charge in [-0.1, -0.05) is 30.3 Å². The molecule has 0 aliphatic heterocycles. The van der Waals surface area contributed by atoms with Crippen molar-refractivity contribution >= 4 is 50.1 Å². The number of hydrogen-bond donors (Lipinski definition) is 4. The third-order valence-electron chi connectivity index (χ3n) is 4.09. The van der Waals surface area contributed by atoms with Crippen molar-refractivity contribution in [2.24, 2.45) is 11.5 Å². The highest BCUT2D eigenvalue weighted by Gasteiger charge is 2.18. The zero-order chi connectivity index (χ0) is 17.6. The van der Waals surface area contributed by atoms with Gasteiger partial charge in [0.15, 0.2) is 0 Å². The quantitative estimate of drug-likeness (QED) is 0.452. The van der Waals surface area contributed by atoms with Gasteiger partial charge in [0.2, 0.25) is 0 Å². The maximum Gasteiger partial charge on any atom is 0.317 e. The van der Waals surface area contributed by atoms with Crippen LogP contribution in [0.5, 0.6) is 0 Å². The minimum absolute atomic E-state index is 0.210. The molecule has 4 aromatic rings. The van der Waals surface area contributed by atoms with Crippen LogP contribution in [0.15, 0.2) is 47.8 Å². The van der Waals surface area contributed by atoms with Crippen molar-refractivity contribution in [3.63, 3.8) is 0 Å². The highest BCUT2D eigenvalue weighted by atomic mass is 32.1. The molecule has 0 atom stereocenters. The number of anilines is 1. The summed E-state index contributed by atoms with van der Waals surface area (Å²) in [5.74, 6) is -0.425. The molecule has 0 fully saturated rings. The number of hydrogen-bond acceptors (Lipinski definition) is 3. The summed E-state index contributed by atoms with van der Waals surface area (Å²) < 4.78 is 1.21. The smallest absolute Gasteiger partial charge is 0.317 e. The molecule has 0 saturated heterocycles. The Labute approximate surface area is 146 Å². The van der Waals surface area contributed by atoms with Crippen LogP contribution < -0.4 is 16.8 Å². The molecule has 0 aliphatic carbocycles. The predicted octanol–water partition coefficient (Wildman–Crippen LogP) is 3.64. The first kappa shape index (κ1) is 15.2. The first-order valence-electron chi connectivity index (χ1n) is 7.53. The zero-order valence-electron chi connectivity index (χ0n) is 13.0. The van der Waals surface area contributed by atoms with Crippen LogP contribution in [0.1, 0.15) is 10.4 Å². The van der Waals surface area contributed by atoms with Gasteiger partial charge in [0.05, 0.1) is 5.56 Å². The number of nitrogens with one attached hydrogen (secondary N) is 2. The van der Waals surface area contributed by atoms with Gasteiger partial charge in [-0.2, -0.15) is 0 Å². The Morgan fingerprint density at radius 2 is 1.84 bits per heavy atom. The molecule has 25 heavy (non-hydrogen) atoms. The fourth-order valence-electron chi connectivity index (χ4n) is 3.04. The second-order valence-electron chi connectivity index (χ2n) is 5.63. The van der Waals surface area contributed by atoms with Crippen molar-refractivity contribution < 1.29 is 9.59 Å². The molecule has 0 spiro atoms. The lowest BCUT2D eigenvalue weighted by Gasteiger charge is -2.01. The summed E-state index contributed by atoms with van der Waals surface area (Å²) in [5.41, 5.74) is 13.7. The Bertz CT molecular complexity index is 1140. The Balaban J connectivity index is 1.91. The molecule has 2 heterocycles. The number of aromatic nitrogens is 1. The van der Waals surface area contributed by atoms with Gasteiger partial charge in [0.1, 0.15) is 5.82 Å². The number of rotatable bonds is 3. The van der Waals surface area contributed by atoms with Crippen LogP contribution >= 0.6 is 11.3 Å². The van der Waals surface area contributed by atoms with Crippen molar-refractivity contribution in [3.05, 3.63) is 53.4 Å². The monoisotopic (exact) mass is 350 g/mol. The van der Waals surface area contributed by atoms with Gasteiger partial charge in [0, 0.05) is 26.6 Å². The lowest BCUT2D eigenvalue weighted by Crippen LogP contribution is -2.22. The summed E-state index contributed by atoms with van der Waals surface area (Å²) in [6.45, 7) is 0. The van der Waals surface area contributed by atoms with Crippen LogP contribution in [0.4, 0.5) is 10.6 Å². The van der Waals surface area contributed by atoms with Crippen molar-refractivity contribution in [1.82, 2.24) is 4.98 Å². The van der Waals surface area contributed by atoms with E-state index in [4.69, 9.17) is 11.5 Å². The number of carbonyl (C=O) groups is 2. The minimum atomic E-state index is -0.766. The van der Waals surface area contributed by atoms with E-state index in [1.54, 1.807) is 11.3 Å². The summed E-state index contributed by atoms with van der Waals surface area (Å²) in [4.78, 5) is 26.0. The summed E-state index contributed by atoms with van der Waals surface area (Å²) in [6.07, 6.45) is 0. The molecule has 0 aliphatic rings. The van der Waals surface area contributed by atoms with Crippen LogP contribution in [-0.2, 0) is 0 Å². The molecule has 0 radical (unpaired) electrons. The molecule has 2 aromatic carbocycles. The zero-order valence-corrected chi connectivity index (χ0v) is 13.8. The molecular formula is C18H14N4O2S. The second kappa shape index (κ2) is 5.64. The van der Waals surface area contributed by atoms with Gasteiger partial charge >= 0.3 is 6.03 Å². The largest absolute Gasteiger partial charge is 0.365 e. The number of aromatic amines is 1. The summed E-state index contributed by atoms with van der Waals surface area (Å²) in [7, 11) is 0. The lowest BCUT2D eigenvalue weighted by atomic mass is 10.0. The number of nitrogens with two attached hydrogens (primary N) is 2. The van der Waals surface area contributed by atoms with Gasteiger partial charge in [-0.3, -0.25) is 10.1 Å². The SMILES string of the molecule is NC(=O)Nc1[nH]c2cc(-c3csc4ccccc34)ccc2c1C(N)=O. The molecule has 2 aromatic heterocycles. The summed E-state index contributed by atoms with van der Waals surface area (Å²) in [5, 5.41) is 6.32. The van der Waals surface area contributed by atoms with Crippen molar-refractivity contribution in [2.45, 2.75) is 0 Å². The maximum absolute atomic E-state index is 11.8. The number of thiophene rings is 1. The van der Waals surface area contributed by atoms with Gasteiger partial charge in [-0.05, 0) is 23.1 Å². The van der Waals surface area contributed by atoms with Crippen LogP contribution in [0.2, 0.25) is 0 Å². The highest BCUT2D eigenvalue weighted by Crippen LogP contribution is 2.36. The Hall–Kier alpha value is -3.32. The van der Waals surface area contributed by atoms with E-state index in [0.29, 0.717) is 10.9 Å². The summed E-state index contributed by atoms with van der Waals surface area (Å²) in [6, 6.07) is 13.1. The van der Waals surface area contributed by atoms with Crippen molar-refractivity contribution in [3.8, 4) is 11.1 Å². The maximum atomic E-state index is 11.8. The van der Waals surface area contributed by atoms with E-state index in [-0.39, 0.29) is 11.4 Å². The fraction of sp³-hybridized carbons (Fsp3) is 0. The normalized spacial score (nSPS) is 11.0. The van der Waals surface area contributed by atoms with E-state index >= 15 is 0 Å². The third-order valence-corrected chi connectivity index (χ3v) is 5.05. The van der Waals surface area contributed by atoms with E-state index < -0.39 is 11.9 Å². The average molecular weight is 350 g/mol. The standard InChI is InChI=1S/C18H14N4O2S/c19-16(23)15-11-6-5-9(7-13(11)21-17(15)22-18(20)24)12-8-25-14-4-2-1-3-10(12)14/h1-8,21H,(H2,19,23)(H3,20,22,24). The molecule has 3 amide bonds.